The summed E-state index contributed by atoms with van der Waals surface area (Å²) in [5.41, 5.74) is 0.600. The molecule has 1 aromatic carbocycles. The highest BCUT2D eigenvalue weighted by Crippen LogP contribution is 2.60. The fourth-order valence-electron chi connectivity index (χ4n) is 3.91. The lowest BCUT2D eigenvalue weighted by molar-refractivity contribution is -0.137. The number of aromatic nitrogens is 2. The monoisotopic (exact) mass is 350 g/mol. The van der Waals surface area contributed by atoms with Crippen molar-refractivity contribution in [2.24, 2.45) is 12.5 Å². The van der Waals surface area contributed by atoms with E-state index in [0.717, 1.165) is 36.6 Å². The molecule has 0 spiro atoms. The molecule has 25 heavy (non-hydrogen) atoms. The second kappa shape index (κ2) is 5.02. The Bertz CT molecular complexity index is 900. The van der Waals surface area contributed by atoms with E-state index in [0.29, 0.717) is 0 Å². The quantitative estimate of drug-likeness (QED) is 0.796. The number of alkyl halides is 3. The Labute approximate surface area is 144 Å². The van der Waals surface area contributed by atoms with E-state index in [1.54, 1.807) is 17.8 Å². The van der Waals surface area contributed by atoms with Crippen molar-refractivity contribution in [3.63, 3.8) is 0 Å². The van der Waals surface area contributed by atoms with Crippen LogP contribution in [0.2, 0.25) is 0 Å². The average Bonchev–Trinajstić information content (AvgIpc) is 3.41. The molecule has 4 rings (SSSR count). The van der Waals surface area contributed by atoms with Crippen LogP contribution in [0.15, 0.2) is 29.1 Å². The first-order valence-corrected chi connectivity index (χ1v) is 8.61. The minimum Gasteiger partial charge on any atom is -0.284 e. The molecule has 2 fully saturated rings. The standard InChI is InChI=1S/C19H21F3N2O/c1-18(2)10-13(18)16-15(11-8-9-11)17(25)24(23(16)3)14-7-5-4-6-12(14)19(20,21)22/h4-7,11,13H,8-10H2,1-3H3. The zero-order valence-corrected chi connectivity index (χ0v) is 14.5. The molecule has 0 amide bonds. The summed E-state index contributed by atoms with van der Waals surface area (Å²) in [4.78, 5) is 13.1. The van der Waals surface area contributed by atoms with Gasteiger partial charge < -0.3 is 0 Å². The Kier molecular flexibility index (Phi) is 3.31. The molecule has 1 unspecified atom stereocenters. The number of hydrogen-bond donors (Lipinski definition) is 0. The van der Waals surface area contributed by atoms with Crippen molar-refractivity contribution in [2.75, 3.05) is 0 Å². The molecule has 2 aliphatic carbocycles. The van der Waals surface area contributed by atoms with Gasteiger partial charge in [-0.25, -0.2) is 4.68 Å². The van der Waals surface area contributed by atoms with E-state index in [4.69, 9.17) is 0 Å². The van der Waals surface area contributed by atoms with E-state index in [-0.39, 0.29) is 28.5 Å². The van der Waals surface area contributed by atoms with E-state index in [9.17, 15) is 18.0 Å². The molecule has 1 aromatic heterocycles. The van der Waals surface area contributed by atoms with Gasteiger partial charge in [0.1, 0.15) is 0 Å². The summed E-state index contributed by atoms with van der Waals surface area (Å²) in [7, 11) is 1.71. The van der Waals surface area contributed by atoms with Crippen LogP contribution in [0.3, 0.4) is 0 Å². The third kappa shape index (κ3) is 2.53. The number of rotatable bonds is 3. The minimum absolute atomic E-state index is 0.0888. The second-order valence-electron chi connectivity index (χ2n) is 7.97. The van der Waals surface area contributed by atoms with Crippen LogP contribution >= 0.6 is 0 Å². The molecule has 6 heteroatoms. The minimum atomic E-state index is -4.50. The predicted molar refractivity (Wildman–Crippen MR) is 89.1 cm³/mol. The van der Waals surface area contributed by atoms with Gasteiger partial charge in [0.25, 0.3) is 5.56 Å². The lowest BCUT2D eigenvalue weighted by atomic mass is 10.0. The van der Waals surface area contributed by atoms with Gasteiger partial charge in [-0.05, 0) is 42.7 Å². The van der Waals surface area contributed by atoms with Crippen molar-refractivity contribution in [3.05, 3.63) is 51.4 Å². The third-order valence-corrected chi connectivity index (χ3v) is 5.61. The molecule has 0 N–H and O–H groups in total. The summed E-state index contributed by atoms with van der Waals surface area (Å²) < 4.78 is 43.2. The second-order valence-corrected chi connectivity index (χ2v) is 7.97. The van der Waals surface area contributed by atoms with Crippen LogP contribution in [0.4, 0.5) is 13.2 Å². The third-order valence-electron chi connectivity index (χ3n) is 5.61. The lowest BCUT2D eigenvalue weighted by Crippen LogP contribution is -2.24. The number of para-hydroxylation sites is 1. The van der Waals surface area contributed by atoms with Crippen molar-refractivity contribution in [1.82, 2.24) is 9.36 Å². The number of benzene rings is 1. The summed E-state index contributed by atoms with van der Waals surface area (Å²) in [5, 5.41) is 0. The first kappa shape index (κ1) is 16.5. The van der Waals surface area contributed by atoms with Crippen LogP contribution in [-0.2, 0) is 13.2 Å². The van der Waals surface area contributed by atoms with Crippen LogP contribution in [0, 0.1) is 5.41 Å². The largest absolute Gasteiger partial charge is 0.418 e. The van der Waals surface area contributed by atoms with Gasteiger partial charge in [-0.3, -0.25) is 9.48 Å². The van der Waals surface area contributed by atoms with Crippen LogP contribution in [0.1, 0.15) is 61.8 Å². The maximum atomic E-state index is 13.4. The van der Waals surface area contributed by atoms with Crippen molar-refractivity contribution >= 4 is 0 Å². The topological polar surface area (TPSA) is 26.9 Å². The molecule has 134 valence electrons. The van der Waals surface area contributed by atoms with Crippen LogP contribution in [-0.4, -0.2) is 9.36 Å². The molecule has 0 saturated heterocycles. The molecule has 2 aliphatic rings. The summed E-state index contributed by atoms with van der Waals surface area (Å²) in [6, 6.07) is 5.31. The van der Waals surface area contributed by atoms with Crippen LogP contribution in [0.5, 0.6) is 0 Å². The van der Waals surface area contributed by atoms with Crippen LogP contribution in [0.25, 0.3) is 5.69 Å². The van der Waals surface area contributed by atoms with Gasteiger partial charge in [0.05, 0.1) is 11.3 Å². The molecule has 0 radical (unpaired) electrons. The SMILES string of the molecule is Cn1c(C2CC2(C)C)c(C2CC2)c(=O)n1-c1ccccc1C(F)(F)F. The van der Waals surface area contributed by atoms with E-state index in [1.807, 2.05) is 0 Å². The normalized spacial score (nSPS) is 22.2. The molecule has 1 heterocycles. The molecular formula is C19H21F3N2O. The van der Waals surface area contributed by atoms with Gasteiger partial charge in [-0.2, -0.15) is 13.2 Å². The summed E-state index contributed by atoms with van der Waals surface area (Å²) in [6.45, 7) is 4.28. The van der Waals surface area contributed by atoms with Gasteiger partial charge in [0, 0.05) is 24.2 Å². The van der Waals surface area contributed by atoms with Gasteiger partial charge in [-0.15, -0.1) is 0 Å². The Balaban J connectivity index is 1.97. The highest BCUT2D eigenvalue weighted by Gasteiger charge is 2.51. The number of hydrogen-bond acceptors (Lipinski definition) is 1. The maximum absolute atomic E-state index is 13.4. The van der Waals surface area contributed by atoms with Crippen molar-refractivity contribution in [2.45, 2.75) is 51.1 Å². The highest BCUT2D eigenvalue weighted by molar-refractivity contribution is 5.45. The zero-order chi connectivity index (χ0) is 18.1. The maximum Gasteiger partial charge on any atom is 0.418 e. The Morgan fingerprint density at radius 3 is 2.28 bits per heavy atom. The highest BCUT2D eigenvalue weighted by atomic mass is 19.4. The zero-order valence-electron chi connectivity index (χ0n) is 14.5. The van der Waals surface area contributed by atoms with E-state index in [2.05, 4.69) is 13.8 Å². The average molecular weight is 350 g/mol. The predicted octanol–water partition coefficient (Wildman–Crippen LogP) is 4.59. The Hall–Kier alpha value is -1.98. The molecule has 2 saturated carbocycles. The lowest BCUT2D eigenvalue weighted by Gasteiger charge is -2.16. The molecular weight excluding hydrogens is 329 g/mol. The molecule has 2 aromatic rings. The fraction of sp³-hybridized carbons (Fsp3) is 0.526. The van der Waals surface area contributed by atoms with Gasteiger partial charge in [-0.1, -0.05) is 26.0 Å². The van der Waals surface area contributed by atoms with E-state index in [1.165, 1.54) is 16.8 Å². The van der Waals surface area contributed by atoms with E-state index >= 15 is 0 Å². The van der Waals surface area contributed by atoms with Crippen molar-refractivity contribution in [1.29, 1.82) is 0 Å². The fourth-order valence-corrected chi connectivity index (χ4v) is 3.91. The number of halogens is 3. The summed E-state index contributed by atoms with van der Waals surface area (Å²) >= 11 is 0. The summed E-state index contributed by atoms with van der Waals surface area (Å²) in [5.74, 6) is 0.435. The van der Waals surface area contributed by atoms with Gasteiger partial charge in [0.2, 0.25) is 0 Å². The molecule has 3 nitrogen and oxygen atoms in total. The molecule has 0 aliphatic heterocycles. The van der Waals surface area contributed by atoms with Gasteiger partial charge >= 0.3 is 6.18 Å². The van der Waals surface area contributed by atoms with Crippen molar-refractivity contribution in [3.8, 4) is 5.69 Å². The van der Waals surface area contributed by atoms with Crippen LogP contribution < -0.4 is 5.56 Å². The molecule has 0 bridgehead atoms. The Morgan fingerprint density at radius 2 is 1.76 bits per heavy atom. The van der Waals surface area contributed by atoms with Gasteiger partial charge in [0.15, 0.2) is 0 Å². The Morgan fingerprint density at radius 1 is 1.16 bits per heavy atom. The molecule has 1 atom stereocenters. The van der Waals surface area contributed by atoms with Crippen molar-refractivity contribution < 1.29 is 13.2 Å². The van der Waals surface area contributed by atoms with E-state index < -0.39 is 11.7 Å². The smallest absolute Gasteiger partial charge is 0.284 e. The number of nitrogens with zero attached hydrogens (tertiary/aromatic N) is 2. The summed E-state index contributed by atoms with van der Waals surface area (Å²) in [6.07, 6.45) is -1.65. The first-order chi connectivity index (χ1) is 11.6. The first-order valence-electron chi connectivity index (χ1n) is 8.61.